The summed E-state index contributed by atoms with van der Waals surface area (Å²) in [5.74, 6) is -0.218. The predicted molar refractivity (Wildman–Crippen MR) is 69.2 cm³/mol. The average molecular weight is 299 g/mol. The Bertz CT molecular complexity index is 417. The van der Waals surface area contributed by atoms with Crippen molar-refractivity contribution >= 4 is 21.8 Å². The van der Waals surface area contributed by atoms with E-state index in [2.05, 4.69) is 26.6 Å². The summed E-state index contributed by atoms with van der Waals surface area (Å²) in [6.07, 6.45) is 2.05. The van der Waals surface area contributed by atoms with E-state index in [1.807, 2.05) is 0 Å². The molecule has 1 aliphatic rings. The van der Waals surface area contributed by atoms with E-state index in [1.165, 1.54) is 6.07 Å². The van der Waals surface area contributed by atoms with Crippen LogP contribution in [0, 0.1) is 0 Å². The maximum absolute atomic E-state index is 11.9. The van der Waals surface area contributed by atoms with Crippen LogP contribution in [0.25, 0.3) is 0 Å². The Morgan fingerprint density at radius 2 is 2.35 bits per heavy atom. The zero-order valence-electron chi connectivity index (χ0n) is 9.37. The number of carbonyl (C=O) groups is 1. The van der Waals surface area contributed by atoms with E-state index in [-0.39, 0.29) is 17.7 Å². The van der Waals surface area contributed by atoms with E-state index in [0.717, 1.165) is 30.4 Å². The third-order valence-corrected chi connectivity index (χ3v) is 3.33. The molecule has 1 fully saturated rings. The van der Waals surface area contributed by atoms with Crippen LogP contribution in [0.4, 0.5) is 0 Å². The maximum atomic E-state index is 11.9. The summed E-state index contributed by atoms with van der Waals surface area (Å²) in [5, 5.41) is 15.8. The van der Waals surface area contributed by atoms with Crippen LogP contribution in [0.2, 0.25) is 0 Å². The molecular formula is C12H15BrN2O2. The minimum atomic E-state index is -0.219. The molecule has 0 radical (unpaired) electrons. The molecule has 0 spiro atoms. The third-order valence-electron chi connectivity index (χ3n) is 2.84. The van der Waals surface area contributed by atoms with Gasteiger partial charge in [-0.3, -0.25) is 4.79 Å². The molecule has 2 rings (SSSR count). The minimum Gasteiger partial charge on any atom is -0.507 e. The van der Waals surface area contributed by atoms with Crippen LogP contribution in [-0.2, 0) is 0 Å². The number of piperidine rings is 1. The molecule has 0 bridgehead atoms. The molecule has 3 N–H and O–H groups in total. The Kier molecular flexibility index (Phi) is 4.02. The average Bonchev–Trinajstić information content (AvgIpc) is 2.30. The van der Waals surface area contributed by atoms with Crippen LogP contribution in [0.5, 0.6) is 5.75 Å². The van der Waals surface area contributed by atoms with Gasteiger partial charge in [-0.1, -0.05) is 15.9 Å². The van der Waals surface area contributed by atoms with Crippen molar-refractivity contribution < 1.29 is 9.90 Å². The maximum Gasteiger partial charge on any atom is 0.255 e. The van der Waals surface area contributed by atoms with Crippen LogP contribution < -0.4 is 10.6 Å². The highest BCUT2D eigenvalue weighted by Crippen LogP contribution is 2.22. The van der Waals surface area contributed by atoms with E-state index < -0.39 is 0 Å². The fraction of sp³-hybridized carbons (Fsp3) is 0.417. The lowest BCUT2D eigenvalue weighted by Gasteiger charge is -2.23. The van der Waals surface area contributed by atoms with Gasteiger partial charge in [0.1, 0.15) is 5.75 Å². The molecule has 1 amide bonds. The number of phenolic OH excluding ortho intramolecular Hbond substituents is 1. The second kappa shape index (κ2) is 5.51. The van der Waals surface area contributed by atoms with Crippen LogP contribution >= 0.6 is 15.9 Å². The molecule has 1 heterocycles. The van der Waals surface area contributed by atoms with E-state index in [9.17, 15) is 9.90 Å². The molecule has 5 heteroatoms. The summed E-state index contributed by atoms with van der Waals surface area (Å²) in [5.41, 5.74) is 0.318. The lowest BCUT2D eigenvalue weighted by Crippen LogP contribution is -2.45. The smallest absolute Gasteiger partial charge is 0.255 e. The third kappa shape index (κ3) is 3.20. The van der Waals surface area contributed by atoms with Crippen molar-refractivity contribution in [2.75, 3.05) is 13.1 Å². The molecule has 1 aromatic rings. The number of nitrogens with one attached hydrogen (secondary N) is 2. The molecule has 0 saturated carbocycles. The van der Waals surface area contributed by atoms with Gasteiger partial charge in [-0.05, 0) is 37.6 Å². The van der Waals surface area contributed by atoms with Gasteiger partial charge in [0.2, 0.25) is 0 Å². The van der Waals surface area contributed by atoms with Gasteiger partial charge in [0.15, 0.2) is 0 Å². The van der Waals surface area contributed by atoms with E-state index in [0.29, 0.717) is 5.56 Å². The summed E-state index contributed by atoms with van der Waals surface area (Å²) in [6, 6.07) is 5.03. The molecule has 1 aromatic carbocycles. The zero-order valence-corrected chi connectivity index (χ0v) is 11.0. The Balaban J connectivity index is 2.03. The van der Waals surface area contributed by atoms with Gasteiger partial charge < -0.3 is 15.7 Å². The highest BCUT2D eigenvalue weighted by Gasteiger charge is 2.18. The van der Waals surface area contributed by atoms with Crippen molar-refractivity contribution in [2.45, 2.75) is 18.9 Å². The first kappa shape index (κ1) is 12.4. The van der Waals surface area contributed by atoms with Gasteiger partial charge in [-0.15, -0.1) is 0 Å². The van der Waals surface area contributed by atoms with Gasteiger partial charge >= 0.3 is 0 Å². The Morgan fingerprint density at radius 3 is 3.00 bits per heavy atom. The summed E-state index contributed by atoms with van der Waals surface area (Å²) >= 11 is 3.24. The van der Waals surface area contributed by atoms with Gasteiger partial charge in [0.05, 0.1) is 5.56 Å². The first-order valence-corrected chi connectivity index (χ1v) is 6.46. The molecule has 1 saturated heterocycles. The SMILES string of the molecule is O=C(N[C@@H]1CCCNC1)c1ccc(Br)cc1O. The number of rotatable bonds is 2. The van der Waals surface area contributed by atoms with Crippen molar-refractivity contribution in [3.63, 3.8) is 0 Å². The fourth-order valence-corrected chi connectivity index (χ4v) is 2.28. The van der Waals surface area contributed by atoms with Crippen molar-refractivity contribution in [3.05, 3.63) is 28.2 Å². The van der Waals surface area contributed by atoms with Crippen molar-refractivity contribution in [1.82, 2.24) is 10.6 Å². The first-order chi connectivity index (χ1) is 8.16. The molecule has 0 unspecified atom stereocenters. The van der Waals surface area contributed by atoms with Crippen molar-refractivity contribution in [3.8, 4) is 5.75 Å². The molecule has 17 heavy (non-hydrogen) atoms. The quantitative estimate of drug-likeness (QED) is 0.778. The lowest BCUT2D eigenvalue weighted by atomic mass is 10.1. The van der Waals surface area contributed by atoms with E-state index in [4.69, 9.17) is 0 Å². The summed E-state index contributed by atoms with van der Waals surface area (Å²) in [7, 11) is 0. The number of phenols is 1. The van der Waals surface area contributed by atoms with Gasteiger partial charge in [-0.25, -0.2) is 0 Å². The molecule has 4 nitrogen and oxygen atoms in total. The number of hydrogen-bond donors (Lipinski definition) is 3. The van der Waals surface area contributed by atoms with Gasteiger partial charge in [-0.2, -0.15) is 0 Å². The highest BCUT2D eigenvalue weighted by molar-refractivity contribution is 9.10. The lowest BCUT2D eigenvalue weighted by molar-refractivity contribution is 0.0928. The van der Waals surface area contributed by atoms with E-state index >= 15 is 0 Å². The van der Waals surface area contributed by atoms with E-state index in [1.54, 1.807) is 12.1 Å². The van der Waals surface area contributed by atoms with Crippen LogP contribution in [0.15, 0.2) is 22.7 Å². The summed E-state index contributed by atoms with van der Waals surface area (Å²) in [4.78, 5) is 11.9. The second-order valence-electron chi connectivity index (χ2n) is 4.18. The molecule has 0 aliphatic carbocycles. The number of hydrogen-bond acceptors (Lipinski definition) is 3. The Morgan fingerprint density at radius 1 is 1.53 bits per heavy atom. The Labute approximate surface area is 109 Å². The van der Waals surface area contributed by atoms with Crippen LogP contribution in [-0.4, -0.2) is 30.1 Å². The van der Waals surface area contributed by atoms with Gasteiger partial charge in [0.25, 0.3) is 5.91 Å². The highest BCUT2D eigenvalue weighted by atomic mass is 79.9. The standard InChI is InChI=1S/C12H15BrN2O2/c13-8-3-4-10(11(16)6-8)12(17)15-9-2-1-5-14-7-9/h3-4,6,9,14,16H,1-2,5,7H2,(H,15,17)/t9-/m1/s1. The van der Waals surface area contributed by atoms with Gasteiger partial charge in [0, 0.05) is 17.1 Å². The van der Waals surface area contributed by atoms with Crippen molar-refractivity contribution in [2.24, 2.45) is 0 Å². The van der Waals surface area contributed by atoms with Crippen LogP contribution in [0.1, 0.15) is 23.2 Å². The van der Waals surface area contributed by atoms with Crippen LogP contribution in [0.3, 0.4) is 0 Å². The number of halogens is 1. The largest absolute Gasteiger partial charge is 0.507 e. The topological polar surface area (TPSA) is 61.4 Å². The molecule has 1 atom stereocenters. The Hall–Kier alpha value is -1.07. The fourth-order valence-electron chi connectivity index (χ4n) is 1.93. The zero-order chi connectivity index (χ0) is 12.3. The number of carbonyl (C=O) groups excluding carboxylic acids is 1. The number of amides is 1. The molecule has 92 valence electrons. The minimum absolute atomic E-state index is 0.000596. The molecule has 0 aromatic heterocycles. The van der Waals surface area contributed by atoms with Crippen molar-refractivity contribution in [1.29, 1.82) is 0 Å². The molecular weight excluding hydrogens is 284 g/mol. The number of aromatic hydroxyl groups is 1. The monoisotopic (exact) mass is 298 g/mol. The first-order valence-electron chi connectivity index (χ1n) is 5.67. The predicted octanol–water partition coefficient (Wildman–Crippen LogP) is 1.64. The summed E-state index contributed by atoms with van der Waals surface area (Å²) < 4.78 is 0.755. The normalized spacial score (nSPS) is 19.9. The number of benzene rings is 1. The molecule has 1 aliphatic heterocycles. The summed E-state index contributed by atoms with van der Waals surface area (Å²) in [6.45, 7) is 1.80. The second-order valence-corrected chi connectivity index (χ2v) is 5.09.